The molecule has 0 amide bonds. The second-order valence-corrected chi connectivity index (χ2v) is 4.16. The third kappa shape index (κ3) is 1.25. The molecule has 1 unspecified atom stereocenters. The Kier molecular flexibility index (Phi) is 2.24. The lowest BCUT2D eigenvalue weighted by molar-refractivity contribution is -0.151. The van der Waals surface area contributed by atoms with Gasteiger partial charge in [-0.05, 0) is 6.07 Å². The number of fused-ring (bicyclic) bond motifs is 3. The third-order valence-electron chi connectivity index (χ3n) is 3.25. The van der Waals surface area contributed by atoms with E-state index in [1.807, 2.05) is 24.3 Å². The average molecular weight is 245 g/mol. The van der Waals surface area contributed by atoms with E-state index in [1.54, 1.807) is 11.6 Å². The third-order valence-corrected chi connectivity index (χ3v) is 3.25. The van der Waals surface area contributed by atoms with Crippen LogP contribution in [0.3, 0.4) is 0 Å². The Hall–Kier alpha value is -2.14. The number of carbonyl (C=O) groups excluding carboxylic acids is 2. The molecule has 1 aromatic carbocycles. The maximum atomic E-state index is 11.9. The Bertz CT molecular complexity index is 671. The minimum atomic E-state index is -0.852. The van der Waals surface area contributed by atoms with E-state index in [0.29, 0.717) is 11.3 Å². The summed E-state index contributed by atoms with van der Waals surface area (Å²) in [5.74, 6) is -1.28. The highest BCUT2D eigenvalue weighted by atomic mass is 16.6. The van der Waals surface area contributed by atoms with Crippen molar-refractivity contribution in [3.05, 3.63) is 35.5 Å². The Morgan fingerprint density at radius 3 is 2.72 bits per heavy atom. The van der Waals surface area contributed by atoms with Crippen molar-refractivity contribution in [3.63, 3.8) is 0 Å². The molecular formula is C13H11NO4. The summed E-state index contributed by atoms with van der Waals surface area (Å²) in [4.78, 5) is 23.5. The molecule has 1 aliphatic rings. The number of aromatic nitrogens is 1. The van der Waals surface area contributed by atoms with Crippen molar-refractivity contribution < 1.29 is 19.1 Å². The first-order valence-corrected chi connectivity index (χ1v) is 5.51. The van der Waals surface area contributed by atoms with Gasteiger partial charge in [-0.15, -0.1) is 0 Å². The maximum Gasteiger partial charge on any atom is 0.349 e. The molecule has 1 aliphatic heterocycles. The molecule has 0 aliphatic carbocycles. The summed E-state index contributed by atoms with van der Waals surface area (Å²) < 4.78 is 11.7. The van der Waals surface area contributed by atoms with Crippen LogP contribution in [0.1, 0.15) is 22.2 Å². The summed E-state index contributed by atoms with van der Waals surface area (Å²) in [5, 5.41) is 0.773. The fraction of sp³-hybridized carbons (Fsp3) is 0.231. The van der Waals surface area contributed by atoms with Gasteiger partial charge in [0, 0.05) is 25.1 Å². The van der Waals surface area contributed by atoms with Gasteiger partial charge in [0.1, 0.15) is 0 Å². The van der Waals surface area contributed by atoms with Crippen molar-refractivity contribution in [2.45, 2.75) is 6.10 Å². The molecule has 0 saturated heterocycles. The first-order chi connectivity index (χ1) is 8.65. The lowest BCUT2D eigenvalue weighted by atomic mass is 10.1. The first kappa shape index (κ1) is 11.0. The topological polar surface area (TPSA) is 57.5 Å². The number of carbonyl (C=O) groups is 2. The van der Waals surface area contributed by atoms with E-state index in [0.717, 1.165) is 10.9 Å². The monoisotopic (exact) mass is 245 g/mol. The largest absolute Gasteiger partial charge is 0.387 e. The molecule has 2 aromatic rings. The lowest BCUT2D eigenvalue weighted by Crippen LogP contribution is -2.29. The van der Waals surface area contributed by atoms with Crippen molar-refractivity contribution in [2.24, 2.45) is 7.05 Å². The number of nitrogens with zero attached hydrogens (tertiary/aromatic N) is 1. The van der Waals surface area contributed by atoms with Crippen molar-refractivity contribution in [3.8, 4) is 0 Å². The molecular weight excluding hydrogens is 234 g/mol. The standard InChI is InChI=1S/C13H11NO4/c1-14-8-6-4-3-5-7(8)9-10(14)11(17-2)13(16)18-12(9)15/h3-6,11H,1-2H3. The van der Waals surface area contributed by atoms with Gasteiger partial charge in [-0.3, -0.25) is 0 Å². The zero-order valence-corrected chi connectivity index (χ0v) is 9.97. The number of para-hydroxylation sites is 1. The second-order valence-electron chi connectivity index (χ2n) is 4.16. The van der Waals surface area contributed by atoms with E-state index >= 15 is 0 Å². The van der Waals surface area contributed by atoms with Gasteiger partial charge in [0.2, 0.25) is 0 Å². The highest BCUT2D eigenvalue weighted by Gasteiger charge is 2.39. The Morgan fingerprint density at radius 1 is 1.28 bits per heavy atom. The number of esters is 2. The molecule has 0 N–H and O–H groups in total. The minimum absolute atomic E-state index is 0.416. The van der Waals surface area contributed by atoms with E-state index in [4.69, 9.17) is 9.47 Å². The van der Waals surface area contributed by atoms with Crippen LogP contribution in [0, 0.1) is 0 Å². The summed E-state index contributed by atoms with van der Waals surface area (Å²) in [6.07, 6.45) is -0.852. The number of cyclic esters (lactones) is 2. The summed E-state index contributed by atoms with van der Waals surface area (Å²) in [5.41, 5.74) is 1.84. The molecule has 0 spiro atoms. The van der Waals surface area contributed by atoms with Crippen LogP contribution in [0.5, 0.6) is 0 Å². The van der Waals surface area contributed by atoms with E-state index in [9.17, 15) is 9.59 Å². The SMILES string of the molecule is COC1C(=O)OC(=O)c2c1n(C)c1ccccc21. The van der Waals surface area contributed by atoms with Crippen molar-refractivity contribution in [2.75, 3.05) is 7.11 Å². The van der Waals surface area contributed by atoms with E-state index in [2.05, 4.69) is 0 Å². The zero-order valence-electron chi connectivity index (χ0n) is 9.97. The fourth-order valence-electron chi connectivity index (χ4n) is 2.45. The van der Waals surface area contributed by atoms with Crippen molar-refractivity contribution in [1.29, 1.82) is 0 Å². The average Bonchev–Trinajstić information content (AvgIpc) is 2.65. The fourth-order valence-corrected chi connectivity index (χ4v) is 2.45. The van der Waals surface area contributed by atoms with Crippen molar-refractivity contribution in [1.82, 2.24) is 4.57 Å². The molecule has 5 heteroatoms. The van der Waals surface area contributed by atoms with Crippen LogP contribution in [-0.4, -0.2) is 23.6 Å². The van der Waals surface area contributed by atoms with Gasteiger partial charge in [-0.2, -0.15) is 0 Å². The summed E-state index contributed by atoms with van der Waals surface area (Å²) in [6, 6.07) is 7.44. The predicted octanol–water partition coefficient (Wildman–Crippen LogP) is 1.56. The number of rotatable bonds is 1. The molecule has 0 radical (unpaired) electrons. The molecule has 2 heterocycles. The van der Waals surface area contributed by atoms with Gasteiger partial charge in [-0.1, -0.05) is 18.2 Å². The lowest BCUT2D eigenvalue weighted by Gasteiger charge is -2.20. The van der Waals surface area contributed by atoms with E-state index in [-0.39, 0.29) is 0 Å². The first-order valence-electron chi connectivity index (χ1n) is 5.51. The normalized spacial score (nSPS) is 18.9. The van der Waals surface area contributed by atoms with Gasteiger partial charge < -0.3 is 14.0 Å². The van der Waals surface area contributed by atoms with Gasteiger partial charge in [-0.25, -0.2) is 9.59 Å². The van der Waals surface area contributed by atoms with Crippen LogP contribution in [0.2, 0.25) is 0 Å². The Labute approximate surface area is 103 Å². The predicted molar refractivity (Wildman–Crippen MR) is 63.1 cm³/mol. The van der Waals surface area contributed by atoms with Crippen LogP contribution in [0.25, 0.3) is 10.9 Å². The van der Waals surface area contributed by atoms with Crippen molar-refractivity contribution >= 4 is 22.8 Å². The van der Waals surface area contributed by atoms with Gasteiger partial charge >= 0.3 is 11.9 Å². The quantitative estimate of drug-likeness (QED) is 0.565. The van der Waals surface area contributed by atoms with Gasteiger partial charge in [0.25, 0.3) is 0 Å². The van der Waals surface area contributed by atoms with Crippen LogP contribution >= 0.6 is 0 Å². The number of hydrogen-bond acceptors (Lipinski definition) is 4. The van der Waals surface area contributed by atoms with E-state index < -0.39 is 18.0 Å². The molecule has 92 valence electrons. The van der Waals surface area contributed by atoms with Crippen LogP contribution in [-0.2, 0) is 21.3 Å². The summed E-state index contributed by atoms with van der Waals surface area (Å²) >= 11 is 0. The Balaban J connectivity index is 2.42. The van der Waals surface area contributed by atoms with Crippen LogP contribution < -0.4 is 0 Å². The van der Waals surface area contributed by atoms with E-state index in [1.165, 1.54) is 7.11 Å². The van der Waals surface area contributed by atoms with Crippen LogP contribution in [0.4, 0.5) is 0 Å². The van der Waals surface area contributed by atoms with Crippen LogP contribution in [0.15, 0.2) is 24.3 Å². The number of methoxy groups -OCH3 is 1. The number of benzene rings is 1. The highest BCUT2D eigenvalue weighted by Crippen LogP contribution is 2.35. The van der Waals surface area contributed by atoms with Gasteiger partial charge in [0.15, 0.2) is 6.10 Å². The maximum absolute atomic E-state index is 11.9. The van der Waals surface area contributed by atoms with Gasteiger partial charge in [0.05, 0.1) is 11.3 Å². The highest BCUT2D eigenvalue weighted by molar-refractivity contribution is 6.12. The molecule has 3 rings (SSSR count). The second kappa shape index (κ2) is 3.68. The molecule has 1 atom stereocenters. The molecule has 1 aromatic heterocycles. The molecule has 18 heavy (non-hydrogen) atoms. The smallest absolute Gasteiger partial charge is 0.349 e. The number of aryl methyl sites for hydroxylation is 1. The molecule has 5 nitrogen and oxygen atoms in total. The zero-order chi connectivity index (χ0) is 12.9. The number of hydrogen-bond donors (Lipinski definition) is 0. The molecule has 0 saturated carbocycles. The summed E-state index contributed by atoms with van der Waals surface area (Å²) in [6.45, 7) is 0. The minimum Gasteiger partial charge on any atom is -0.387 e. The Morgan fingerprint density at radius 2 is 2.00 bits per heavy atom. The summed E-state index contributed by atoms with van der Waals surface area (Å²) in [7, 11) is 3.22. The molecule has 0 fully saturated rings. The number of ether oxygens (including phenoxy) is 2. The molecule has 0 bridgehead atoms.